The second-order valence-electron chi connectivity index (χ2n) is 4.47. The molecule has 0 aliphatic carbocycles. The molecular weight excluding hydrogens is 328 g/mol. The quantitative estimate of drug-likeness (QED) is 0.426. The van der Waals surface area contributed by atoms with Gasteiger partial charge >= 0.3 is 18.0 Å². The first kappa shape index (κ1) is 18.7. The summed E-state index contributed by atoms with van der Waals surface area (Å²) in [4.78, 5) is 47.1. The summed E-state index contributed by atoms with van der Waals surface area (Å²) in [6.45, 7) is -0.122. The highest BCUT2D eigenvalue weighted by atomic mass is 16.9. The van der Waals surface area contributed by atoms with E-state index in [2.05, 4.69) is 4.84 Å². The Balaban J connectivity index is 2.53. The standard InChI is InChI=1S/C13H14N2O9/c16-11(17)7-10(12(18)19)14-13(20)24-9-3-1-8(2-4-9)5-6-23-15(21)22/h1-4,10H,5-7H2,(H,14,20)(H,16,17)(H,18,19). The number of carbonyl (C=O) groups excluding carboxylic acids is 1. The Hall–Kier alpha value is -3.37. The normalized spacial score (nSPS) is 11.2. The van der Waals surface area contributed by atoms with Crippen molar-refractivity contribution < 1.29 is 39.3 Å². The van der Waals surface area contributed by atoms with E-state index in [1.54, 1.807) is 0 Å². The van der Waals surface area contributed by atoms with Gasteiger partial charge in [0.05, 0.1) is 6.42 Å². The lowest BCUT2D eigenvalue weighted by atomic mass is 10.1. The van der Waals surface area contributed by atoms with Crippen LogP contribution in [0.1, 0.15) is 12.0 Å². The van der Waals surface area contributed by atoms with Crippen molar-refractivity contribution >= 4 is 18.0 Å². The zero-order chi connectivity index (χ0) is 18.1. The topological polar surface area (TPSA) is 165 Å². The molecule has 24 heavy (non-hydrogen) atoms. The van der Waals surface area contributed by atoms with Gasteiger partial charge in [-0.2, -0.15) is 0 Å². The first-order valence-corrected chi connectivity index (χ1v) is 6.57. The van der Waals surface area contributed by atoms with Crippen LogP contribution in [0.5, 0.6) is 5.75 Å². The molecule has 0 saturated carbocycles. The van der Waals surface area contributed by atoms with Gasteiger partial charge in [0.15, 0.2) is 0 Å². The lowest BCUT2D eigenvalue weighted by Gasteiger charge is -2.12. The number of nitrogens with zero attached hydrogens (tertiary/aromatic N) is 1. The number of ether oxygens (including phenoxy) is 1. The van der Waals surface area contributed by atoms with Crippen LogP contribution in [0.3, 0.4) is 0 Å². The average Bonchev–Trinajstić information content (AvgIpc) is 2.47. The number of hydrogen-bond donors (Lipinski definition) is 3. The van der Waals surface area contributed by atoms with Crippen LogP contribution in [0.2, 0.25) is 0 Å². The first-order chi connectivity index (χ1) is 11.3. The minimum Gasteiger partial charge on any atom is -0.481 e. The molecule has 1 unspecified atom stereocenters. The molecular formula is C13H14N2O9. The maximum Gasteiger partial charge on any atom is 0.413 e. The summed E-state index contributed by atoms with van der Waals surface area (Å²) in [5.74, 6) is -2.80. The van der Waals surface area contributed by atoms with Gasteiger partial charge in [0.25, 0.3) is 5.09 Å². The van der Waals surface area contributed by atoms with Crippen LogP contribution in [0.4, 0.5) is 4.79 Å². The van der Waals surface area contributed by atoms with Gasteiger partial charge in [0.1, 0.15) is 18.4 Å². The molecule has 0 aliphatic heterocycles. The number of benzene rings is 1. The van der Waals surface area contributed by atoms with E-state index in [-0.39, 0.29) is 18.8 Å². The van der Waals surface area contributed by atoms with E-state index in [0.29, 0.717) is 5.56 Å². The second kappa shape index (κ2) is 8.92. The number of nitrogens with one attached hydrogen (secondary N) is 1. The zero-order valence-electron chi connectivity index (χ0n) is 12.2. The van der Waals surface area contributed by atoms with Crippen molar-refractivity contribution in [2.75, 3.05) is 6.61 Å². The summed E-state index contributed by atoms with van der Waals surface area (Å²) in [5.41, 5.74) is 0.693. The number of rotatable bonds is 9. The van der Waals surface area contributed by atoms with E-state index in [1.807, 2.05) is 5.32 Å². The summed E-state index contributed by atoms with van der Waals surface area (Å²) in [5, 5.41) is 28.4. The summed E-state index contributed by atoms with van der Waals surface area (Å²) >= 11 is 0. The van der Waals surface area contributed by atoms with Gasteiger partial charge in [0.2, 0.25) is 0 Å². The number of hydrogen-bond acceptors (Lipinski definition) is 7. The van der Waals surface area contributed by atoms with Crippen molar-refractivity contribution in [3.63, 3.8) is 0 Å². The van der Waals surface area contributed by atoms with Crippen molar-refractivity contribution in [3.8, 4) is 5.75 Å². The molecule has 0 spiro atoms. The van der Waals surface area contributed by atoms with Crippen LogP contribution in [0, 0.1) is 10.1 Å². The van der Waals surface area contributed by atoms with Gasteiger partial charge in [-0.1, -0.05) is 12.1 Å². The molecule has 1 rings (SSSR count). The third-order valence-electron chi connectivity index (χ3n) is 2.69. The Morgan fingerprint density at radius 1 is 1.21 bits per heavy atom. The maximum atomic E-state index is 11.6. The average molecular weight is 342 g/mol. The third-order valence-corrected chi connectivity index (χ3v) is 2.69. The molecule has 0 saturated heterocycles. The molecule has 0 fully saturated rings. The van der Waals surface area contributed by atoms with E-state index in [9.17, 15) is 24.5 Å². The molecule has 0 bridgehead atoms. The highest BCUT2D eigenvalue weighted by molar-refractivity contribution is 5.85. The van der Waals surface area contributed by atoms with E-state index in [4.69, 9.17) is 14.9 Å². The van der Waals surface area contributed by atoms with Crippen LogP contribution in [-0.2, 0) is 20.8 Å². The fraction of sp³-hybridized carbons (Fsp3) is 0.308. The molecule has 1 amide bonds. The fourth-order valence-electron chi connectivity index (χ4n) is 1.62. The highest BCUT2D eigenvalue weighted by Crippen LogP contribution is 2.13. The van der Waals surface area contributed by atoms with Crippen molar-refractivity contribution in [2.24, 2.45) is 0 Å². The Morgan fingerprint density at radius 2 is 1.83 bits per heavy atom. The Morgan fingerprint density at radius 3 is 2.33 bits per heavy atom. The van der Waals surface area contributed by atoms with Gasteiger partial charge in [0, 0.05) is 0 Å². The zero-order valence-corrected chi connectivity index (χ0v) is 12.2. The number of amides is 1. The van der Waals surface area contributed by atoms with Crippen molar-refractivity contribution in [1.82, 2.24) is 5.32 Å². The smallest absolute Gasteiger partial charge is 0.413 e. The van der Waals surface area contributed by atoms with Gasteiger partial charge in [-0.25, -0.2) is 9.59 Å². The van der Waals surface area contributed by atoms with Gasteiger partial charge in [-0.15, -0.1) is 10.1 Å². The number of aliphatic carboxylic acids is 2. The van der Waals surface area contributed by atoms with E-state index in [1.165, 1.54) is 24.3 Å². The molecule has 1 aromatic rings. The SMILES string of the molecule is O=C(O)CC(NC(=O)Oc1ccc(CCO[N+](=O)[O-])cc1)C(=O)O. The molecule has 1 atom stereocenters. The summed E-state index contributed by atoms with van der Waals surface area (Å²) in [6, 6.07) is 4.26. The summed E-state index contributed by atoms with van der Waals surface area (Å²) < 4.78 is 4.83. The molecule has 3 N–H and O–H groups in total. The fourth-order valence-corrected chi connectivity index (χ4v) is 1.62. The molecule has 0 heterocycles. The first-order valence-electron chi connectivity index (χ1n) is 6.57. The third kappa shape index (κ3) is 7.06. The lowest BCUT2D eigenvalue weighted by Crippen LogP contribution is -2.43. The molecule has 0 radical (unpaired) electrons. The lowest BCUT2D eigenvalue weighted by molar-refractivity contribution is -0.757. The molecule has 0 aromatic heterocycles. The minimum atomic E-state index is -1.62. The Kier molecular flexibility index (Phi) is 6.95. The Bertz CT molecular complexity index is 614. The number of carbonyl (C=O) groups is 3. The summed E-state index contributed by atoms with van der Waals surface area (Å²) in [7, 11) is 0. The van der Waals surface area contributed by atoms with Gasteiger partial charge < -0.3 is 25.1 Å². The van der Waals surface area contributed by atoms with Crippen LogP contribution in [-0.4, -0.2) is 46.0 Å². The molecule has 11 heteroatoms. The van der Waals surface area contributed by atoms with Crippen molar-refractivity contribution in [1.29, 1.82) is 0 Å². The second-order valence-corrected chi connectivity index (χ2v) is 4.47. The van der Waals surface area contributed by atoms with Crippen LogP contribution < -0.4 is 10.1 Å². The predicted molar refractivity (Wildman–Crippen MR) is 75.9 cm³/mol. The number of carboxylic acid groups (broad SMARTS) is 2. The molecule has 0 aliphatic rings. The minimum absolute atomic E-state index is 0.0888. The van der Waals surface area contributed by atoms with Crippen molar-refractivity contribution in [3.05, 3.63) is 39.9 Å². The monoisotopic (exact) mass is 342 g/mol. The van der Waals surface area contributed by atoms with E-state index < -0.39 is 35.6 Å². The van der Waals surface area contributed by atoms with E-state index >= 15 is 0 Å². The Labute approximate surface area is 134 Å². The van der Waals surface area contributed by atoms with Crippen LogP contribution in [0.15, 0.2) is 24.3 Å². The van der Waals surface area contributed by atoms with Crippen LogP contribution >= 0.6 is 0 Å². The molecule has 1 aromatic carbocycles. The predicted octanol–water partition coefficient (Wildman–Crippen LogP) is 0.454. The highest BCUT2D eigenvalue weighted by Gasteiger charge is 2.23. The summed E-state index contributed by atoms with van der Waals surface area (Å²) in [6.07, 6.45) is -1.64. The number of carboxylic acids is 2. The van der Waals surface area contributed by atoms with Crippen molar-refractivity contribution in [2.45, 2.75) is 18.9 Å². The maximum absolute atomic E-state index is 11.6. The largest absolute Gasteiger partial charge is 0.481 e. The van der Waals surface area contributed by atoms with Crippen LogP contribution in [0.25, 0.3) is 0 Å². The van der Waals surface area contributed by atoms with E-state index in [0.717, 1.165) is 0 Å². The van der Waals surface area contributed by atoms with Gasteiger partial charge in [-0.05, 0) is 24.1 Å². The van der Waals surface area contributed by atoms with Gasteiger partial charge in [-0.3, -0.25) is 4.79 Å². The molecule has 11 nitrogen and oxygen atoms in total. The molecule has 130 valence electrons.